The second kappa shape index (κ2) is 7.64. The summed E-state index contributed by atoms with van der Waals surface area (Å²) < 4.78 is 25.8. The fourth-order valence-corrected chi connectivity index (χ4v) is 3.25. The number of nitro benzene ring substituents is 1. The Morgan fingerprint density at radius 1 is 1.32 bits per heavy atom. The van der Waals surface area contributed by atoms with Gasteiger partial charge in [0.15, 0.2) is 5.75 Å². The molecule has 1 aromatic heterocycles. The van der Waals surface area contributed by atoms with Crippen LogP contribution in [0.1, 0.15) is 6.42 Å². The van der Waals surface area contributed by atoms with Crippen LogP contribution in [0.3, 0.4) is 0 Å². The van der Waals surface area contributed by atoms with Crippen molar-refractivity contribution < 1.29 is 18.8 Å². The van der Waals surface area contributed by atoms with Crippen molar-refractivity contribution in [3.05, 3.63) is 57.1 Å². The van der Waals surface area contributed by atoms with E-state index in [0.717, 1.165) is 0 Å². The molecule has 1 aliphatic rings. The predicted molar refractivity (Wildman–Crippen MR) is 103 cm³/mol. The number of halogens is 2. The van der Waals surface area contributed by atoms with Gasteiger partial charge in [0.25, 0.3) is 0 Å². The summed E-state index contributed by atoms with van der Waals surface area (Å²) >= 11 is 3.20. The number of hydrogen-bond acceptors (Lipinski definition) is 7. The Kier molecular flexibility index (Phi) is 5.05. The summed E-state index contributed by atoms with van der Waals surface area (Å²) in [7, 11) is 0. The van der Waals surface area contributed by atoms with Crippen LogP contribution >= 0.6 is 15.9 Å². The Hall–Kier alpha value is -2.85. The molecule has 0 unspecified atom stereocenters. The average Bonchev–Trinajstić information content (AvgIpc) is 3.16. The van der Waals surface area contributed by atoms with Gasteiger partial charge >= 0.3 is 5.69 Å². The molecule has 4 rings (SSSR count). The fraction of sp³-hybridized carbons (Fsp3) is 0.222. The molecule has 8 nitrogen and oxygen atoms in total. The molecule has 0 spiro atoms. The molecule has 1 atom stereocenters. The molecule has 1 saturated heterocycles. The molecule has 1 aliphatic heterocycles. The first-order valence-corrected chi connectivity index (χ1v) is 9.20. The number of benzene rings is 2. The molecule has 10 heteroatoms. The average molecular weight is 449 g/mol. The summed E-state index contributed by atoms with van der Waals surface area (Å²) in [6.07, 6.45) is 1.72. The summed E-state index contributed by atoms with van der Waals surface area (Å²) in [6, 6.07) is 7.35. The van der Waals surface area contributed by atoms with Crippen LogP contribution in [0.5, 0.6) is 5.75 Å². The summed E-state index contributed by atoms with van der Waals surface area (Å²) in [4.78, 5) is 19.3. The first kappa shape index (κ1) is 18.5. The van der Waals surface area contributed by atoms with E-state index in [2.05, 4.69) is 31.2 Å². The zero-order valence-corrected chi connectivity index (χ0v) is 16.0. The smallest absolute Gasteiger partial charge is 0.311 e. The van der Waals surface area contributed by atoms with E-state index >= 15 is 0 Å². The molecule has 0 radical (unpaired) electrons. The van der Waals surface area contributed by atoms with Crippen molar-refractivity contribution in [1.82, 2.24) is 9.97 Å². The number of nitro groups is 1. The van der Waals surface area contributed by atoms with Crippen LogP contribution in [0.25, 0.3) is 10.9 Å². The van der Waals surface area contributed by atoms with Crippen molar-refractivity contribution in [2.75, 3.05) is 18.5 Å². The first-order valence-electron chi connectivity index (χ1n) is 8.41. The third-order valence-electron chi connectivity index (χ3n) is 4.28. The lowest BCUT2D eigenvalue weighted by Crippen LogP contribution is -2.16. The molecule has 144 valence electrons. The maximum Gasteiger partial charge on any atom is 0.311 e. The number of aromatic nitrogens is 2. The summed E-state index contributed by atoms with van der Waals surface area (Å²) in [5, 5.41) is 14.8. The van der Waals surface area contributed by atoms with E-state index in [1.54, 1.807) is 12.1 Å². The van der Waals surface area contributed by atoms with Gasteiger partial charge in [0.1, 0.15) is 24.1 Å². The number of anilines is 2. The van der Waals surface area contributed by atoms with E-state index in [9.17, 15) is 14.5 Å². The Balaban J connectivity index is 1.76. The number of ether oxygens (including phenoxy) is 2. The number of nitrogens with one attached hydrogen (secondary N) is 1. The number of fused-ring (bicyclic) bond motifs is 1. The van der Waals surface area contributed by atoms with Crippen molar-refractivity contribution in [3.63, 3.8) is 0 Å². The van der Waals surface area contributed by atoms with Gasteiger partial charge in [-0.3, -0.25) is 10.1 Å². The van der Waals surface area contributed by atoms with Gasteiger partial charge in [-0.15, -0.1) is 0 Å². The Bertz CT molecular complexity index is 1060. The quantitative estimate of drug-likeness (QED) is 0.457. The second-order valence-corrected chi connectivity index (χ2v) is 7.08. The topological polar surface area (TPSA) is 99.4 Å². The first-order chi connectivity index (χ1) is 13.5. The van der Waals surface area contributed by atoms with Crippen molar-refractivity contribution in [2.45, 2.75) is 12.5 Å². The lowest BCUT2D eigenvalue weighted by molar-refractivity contribution is -0.385. The summed E-state index contributed by atoms with van der Waals surface area (Å²) in [5.41, 5.74) is 0.414. The third-order valence-corrected chi connectivity index (χ3v) is 4.77. The lowest BCUT2D eigenvalue weighted by Gasteiger charge is -2.14. The van der Waals surface area contributed by atoms with Crippen molar-refractivity contribution >= 4 is 44.0 Å². The Morgan fingerprint density at radius 3 is 2.89 bits per heavy atom. The van der Waals surface area contributed by atoms with E-state index in [1.165, 1.54) is 24.5 Å². The van der Waals surface area contributed by atoms with Crippen LogP contribution in [-0.2, 0) is 4.74 Å². The van der Waals surface area contributed by atoms with Crippen LogP contribution in [-0.4, -0.2) is 34.2 Å². The molecule has 2 aromatic carbocycles. The van der Waals surface area contributed by atoms with Gasteiger partial charge in [0.05, 0.1) is 34.7 Å². The second-order valence-electron chi connectivity index (χ2n) is 6.17. The molecule has 2 heterocycles. The SMILES string of the molecule is O=[N+]([O-])c1cc2c(Nc3ccc(Br)cc3F)ncnc2cc1O[C@@H]1CCOC1. The van der Waals surface area contributed by atoms with E-state index < -0.39 is 10.7 Å². The van der Waals surface area contributed by atoms with Gasteiger partial charge in [-0.25, -0.2) is 14.4 Å². The maximum absolute atomic E-state index is 14.2. The summed E-state index contributed by atoms with van der Waals surface area (Å²) in [6.45, 7) is 0.940. The highest BCUT2D eigenvalue weighted by molar-refractivity contribution is 9.10. The Labute approximate surface area is 167 Å². The van der Waals surface area contributed by atoms with Gasteiger partial charge in [0, 0.05) is 23.0 Å². The highest BCUT2D eigenvalue weighted by Gasteiger charge is 2.24. The van der Waals surface area contributed by atoms with E-state index in [-0.39, 0.29) is 29.0 Å². The highest BCUT2D eigenvalue weighted by Crippen LogP contribution is 2.36. The van der Waals surface area contributed by atoms with Gasteiger partial charge in [0.2, 0.25) is 0 Å². The van der Waals surface area contributed by atoms with Crippen LogP contribution < -0.4 is 10.1 Å². The van der Waals surface area contributed by atoms with Gasteiger partial charge in [-0.1, -0.05) is 15.9 Å². The molecule has 0 bridgehead atoms. The number of hydrogen-bond donors (Lipinski definition) is 1. The zero-order chi connectivity index (χ0) is 19.7. The molecular formula is C18H14BrFN4O4. The molecule has 0 amide bonds. The molecular weight excluding hydrogens is 435 g/mol. The molecule has 0 aliphatic carbocycles. The highest BCUT2D eigenvalue weighted by atomic mass is 79.9. The minimum absolute atomic E-state index is 0.118. The van der Waals surface area contributed by atoms with Crippen LogP contribution in [0.2, 0.25) is 0 Å². The van der Waals surface area contributed by atoms with Crippen molar-refractivity contribution in [2.24, 2.45) is 0 Å². The van der Waals surface area contributed by atoms with E-state index in [1.807, 2.05) is 0 Å². The van der Waals surface area contributed by atoms with E-state index in [0.29, 0.717) is 35.0 Å². The van der Waals surface area contributed by atoms with Gasteiger partial charge in [-0.05, 0) is 18.2 Å². The lowest BCUT2D eigenvalue weighted by atomic mass is 10.2. The Morgan fingerprint density at radius 2 is 2.18 bits per heavy atom. The number of nitrogens with zero attached hydrogens (tertiary/aromatic N) is 3. The molecule has 3 aromatic rings. The van der Waals surface area contributed by atoms with Gasteiger partial charge < -0.3 is 14.8 Å². The molecule has 0 saturated carbocycles. The third kappa shape index (κ3) is 3.73. The summed E-state index contributed by atoms with van der Waals surface area (Å²) in [5.74, 6) is -0.116. The van der Waals surface area contributed by atoms with Crippen LogP contribution in [0.4, 0.5) is 21.6 Å². The standard InChI is InChI=1S/C18H14BrFN4O4/c19-10-1-2-14(13(20)5-10)23-18-12-6-16(24(25)26)17(7-15(12)21-9-22-18)28-11-3-4-27-8-11/h1-2,5-7,9,11H,3-4,8H2,(H,21,22,23)/t11-/m1/s1. The van der Waals surface area contributed by atoms with Gasteiger partial charge in [-0.2, -0.15) is 0 Å². The van der Waals surface area contributed by atoms with Crippen LogP contribution in [0, 0.1) is 15.9 Å². The molecule has 28 heavy (non-hydrogen) atoms. The minimum Gasteiger partial charge on any atom is -0.481 e. The predicted octanol–water partition coefficient (Wildman–Crippen LogP) is 4.35. The maximum atomic E-state index is 14.2. The zero-order valence-electron chi connectivity index (χ0n) is 14.4. The van der Waals surface area contributed by atoms with E-state index in [4.69, 9.17) is 9.47 Å². The largest absolute Gasteiger partial charge is 0.481 e. The fourth-order valence-electron chi connectivity index (χ4n) is 2.91. The molecule has 1 N–H and O–H groups in total. The monoisotopic (exact) mass is 448 g/mol. The molecule has 1 fully saturated rings. The number of rotatable bonds is 5. The minimum atomic E-state index is -0.526. The van der Waals surface area contributed by atoms with Crippen molar-refractivity contribution in [3.8, 4) is 5.75 Å². The van der Waals surface area contributed by atoms with Crippen LogP contribution in [0.15, 0.2) is 41.1 Å². The van der Waals surface area contributed by atoms with Crippen molar-refractivity contribution in [1.29, 1.82) is 0 Å². The normalized spacial score (nSPS) is 16.3.